The number of carbonyl (C=O) groups is 4. The Morgan fingerprint density at radius 3 is 1.18 bits per heavy atom. The maximum Gasteiger partial charge on any atom is 0.338 e. The smallest absolute Gasteiger partial charge is 0.338 e. The van der Waals surface area contributed by atoms with Crippen molar-refractivity contribution in [2.75, 3.05) is 6.61 Å². The molecule has 0 aromatic heterocycles. The number of hydrogen-bond acceptors (Lipinski definition) is 5. The standard InChI is InChI=1S/C37H38O8/c1-2-3-4-5-6-7-8-9-10-11-12-21-45-37(44)29-20-16-25-23-14-18-27(35(40)41)32-26(34(38)39)17-13-22(30(23)32)24-15-19-28(36(42)43)33(29)31(24)25/h13-20H,2-12,21H2,1H3,(H,38,39)(H,40,41)(H,42,43). The number of ether oxygens (including phenoxy) is 1. The third-order valence-corrected chi connectivity index (χ3v) is 8.79. The van der Waals surface area contributed by atoms with Crippen LogP contribution in [0.2, 0.25) is 0 Å². The Morgan fingerprint density at radius 2 is 0.800 bits per heavy atom. The highest BCUT2D eigenvalue weighted by atomic mass is 16.5. The molecule has 0 aliphatic heterocycles. The van der Waals surface area contributed by atoms with E-state index >= 15 is 0 Å². The van der Waals surface area contributed by atoms with Gasteiger partial charge in [-0.25, -0.2) is 19.2 Å². The number of aromatic carboxylic acids is 3. The van der Waals surface area contributed by atoms with E-state index in [1.807, 2.05) is 0 Å². The number of unbranched alkanes of at least 4 members (excludes halogenated alkanes) is 10. The Balaban J connectivity index is 1.44. The van der Waals surface area contributed by atoms with Crippen LogP contribution >= 0.6 is 0 Å². The second-order valence-electron chi connectivity index (χ2n) is 11.7. The zero-order chi connectivity index (χ0) is 32.1. The van der Waals surface area contributed by atoms with Crippen molar-refractivity contribution in [2.45, 2.75) is 77.6 Å². The Morgan fingerprint density at radius 1 is 0.467 bits per heavy atom. The van der Waals surface area contributed by atoms with Gasteiger partial charge in [-0.3, -0.25) is 0 Å². The van der Waals surface area contributed by atoms with E-state index in [1.165, 1.54) is 63.1 Å². The number of esters is 1. The van der Waals surface area contributed by atoms with Crippen molar-refractivity contribution >= 4 is 67.0 Å². The van der Waals surface area contributed by atoms with Crippen LogP contribution in [0.3, 0.4) is 0 Å². The van der Waals surface area contributed by atoms with E-state index in [2.05, 4.69) is 6.92 Å². The summed E-state index contributed by atoms with van der Waals surface area (Å²) in [6.45, 7) is 2.46. The van der Waals surface area contributed by atoms with Crippen LogP contribution in [0.5, 0.6) is 0 Å². The van der Waals surface area contributed by atoms with Gasteiger partial charge in [0, 0.05) is 10.8 Å². The number of rotatable bonds is 16. The average molecular weight is 611 g/mol. The second kappa shape index (κ2) is 13.9. The monoisotopic (exact) mass is 610 g/mol. The Bertz CT molecular complexity index is 1840. The predicted octanol–water partition coefficient (Wildman–Crippen LogP) is 9.30. The first kappa shape index (κ1) is 31.7. The van der Waals surface area contributed by atoms with Crippen molar-refractivity contribution in [1.29, 1.82) is 0 Å². The van der Waals surface area contributed by atoms with E-state index in [0.717, 1.165) is 25.7 Å². The zero-order valence-electron chi connectivity index (χ0n) is 25.5. The van der Waals surface area contributed by atoms with E-state index < -0.39 is 23.9 Å². The van der Waals surface area contributed by atoms with E-state index in [9.17, 15) is 34.5 Å². The van der Waals surface area contributed by atoms with Gasteiger partial charge in [0.2, 0.25) is 0 Å². The minimum Gasteiger partial charge on any atom is -0.478 e. The van der Waals surface area contributed by atoms with Gasteiger partial charge in [0.1, 0.15) is 0 Å². The molecule has 8 heteroatoms. The first-order valence-corrected chi connectivity index (χ1v) is 15.8. The third-order valence-electron chi connectivity index (χ3n) is 8.79. The van der Waals surface area contributed by atoms with E-state index in [4.69, 9.17) is 4.74 Å². The van der Waals surface area contributed by atoms with Crippen LogP contribution in [0.1, 0.15) is 119 Å². The lowest BCUT2D eigenvalue weighted by Crippen LogP contribution is -2.10. The minimum absolute atomic E-state index is 0.0544. The number of fused-ring (bicyclic) bond motifs is 2. The molecule has 0 aliphatic carbocycles. The van der Waals surface area contributed by atoms with Crippen LogP contribution in [0, 0.1) is 0 Å². The lowest BCUT2D eigenvalue weighted by Gasteiger charge is -2.19. The molecule has 0 radical (unpaired) electrons. The molecule has 0 saturated heterocycles. The van der Waals surface area contributed by atoms with Crippen molar-refractivity contribution in [1.82, 2.24) is 0 Å². The Labute approximate surface area is 260 Å². The fourth-order valence-corrected chi connectivity index (χ4v) is 6.60. The minimum atomic E-state index is -1.26. The molecule has 5 aromatic carbocycles. The molecule has 5 rings (SSSR count). The number of benzene rings is 5. The van der Waals surface area contributed by atoms with Gasteiger partial charge in [-0.1, -0.05) is 95.4 Å². The predicted molar refractivity (Wildman–Crippen MR) is 175 cm³/mol. The summed E-state index contributed by atoms with van der Waals surface area (Å²) in [5.41, 5.74) is -0.198. The lowest BCUT2D eigenvalue weighted by atomic mass is 9.84. The molecule has 0 aliphatic rings. The van der Waals surface area contributed by atoms with Crippen LogP contribution in [0.15, 0.2) is 48.5 Å². The number of carboxylic acid groups (broad SMARTS) is 3. The summed E-state index contributed by atoms with van der Waals surface area (Å²) in [6.07, 6.45) is 12.9. The molecule has 0 saturated carbocycles. The molecule has 0 heterocycles. The largest absolute Gasteiger partial charge is 0.478 e. The molecular weight excluding hydrogens is 572 g/mol. The zero-order valence-corrected chi connectivity index (χ0v) is 25.5. The Kier molecular flexibility index (Phi) is 9.81. The number of carbonyl (C=O) groups excluding carboxylic acids is 1. The summed E-state index contributed by atoms with van der Waals surface area (Å²) in [6, 6.07) is 12.2. The SMILES string of the molecule is CCCCCCCCCCCCCOC(=O)c1ccc2c3ccc(C(=O)O)c4c(C(=O)O)ccc(c5ccc(C(=O)O)c1c52)c43. The van der Waals surface area contributed by atoms with Gasteiger partial charge < -0.3 is 20.1 Å². The quantitative estimate of drug-likeness (QED) is 0.0435. The van der Waals surface area contributed by atoms with Gasteiger partial charge in [0.15, 0.2) is 0 Å². The molecule has 0 bridgehead atoms. The van der Waals surface area contributed by atoms with E-state index in [0.29, 0.717) is 32.3 Å². The normalized spacial score (nSPS) is 11.6. The van der Waals surface area contributed by atoms with Gasteiger partial charge in [-0.15, -0.1) is 0 Å². The van der Waals surface area contributed by atoms with Gasteiger partial charge in [0.25, 0.3) is 0 Å². The molecule has 8 nitrogen and oxygen atoms in total. The maximum atomic E-state index is 13.4. The van der Waals surface area contributed by atoms with Crippen molar-refractivity contribution in [2.24, 2.45) is 0 Å². The van der Waals surface area contributed by atoms with Crippen molar-refractivity contribution in [3.8, 4) is 0 Å². The van der Waals surface area contributed by atoms with Crippen LogP contribution in [-0.2, 0) is 4.74 Å². The molecule has 3 N–H and O–H groups in total. The van der Waals surface area contributed by atoms with Crippen LogP contribution < -0.4 is 0 Å². The first-order valence-electron chi connectivity index (χ1n) is 15.8. The number of hydrogen-bond donors (Lipinski definition) is 3. The lowest BCUT2D eigenvalue weighted by molar-refractivity contribution is 0.0499. The number of carboxylic acids is 3. The van der Waals surface area contributed by atoms with Gasteiger partial charge in [-0.05, 0) is 63.0 Å². The summed E-state index contributed by atoms with van der Waals surface area (Å²) in [4.78, 5) is 50.0. The first-order chi connectivity index (χ1) is 21.8. The summed E-state index contributed by atoms with van der Waals surface area (Å²) >= 11 is 0. The molecule has 5 aromatic rings. The topological polar surface area (TPSA) is 138 Å². The fraction of sp³-hybridized carbons (Fsp3) is 0.351. The highest BCUT2D eigenvalue weighted by Crippen LogP contribution is 2.44. The summed E-state index contributed by atoms with van der Waals surface area (Å²) in [5, 5.41) is 33.5. The molecule has 0 fully saturated rings. The van der Waals surface area contributed by atoms with Gasteiger partial charge >= 0.3 is 23.9 Å². The summed E-state index contributed by atoms with van der Waals surface area (Å²) in [7, 11) is 0. The van der Waals surface area contributed by atoms with Gasteiger partial charge in [0.05, 0.1) is 28.9 Å². The molecule has 0 spiro atoms. The van der Waals surface area contributed by atoms with Crippen molar-refractivity contribution in [3.05, 3.63) is 70.8 Å². The highest BCUT2D eigenvalue weighted by molar-refractivity contribution is 6.38. The van der Waals surface area contributed by atoms with Crippen LogP contribution in [-0.4, -0.2) is 45.8 Å². The molecule has 45 heavy (non-hydrogen) atoms. The van der Waals surface area contributed by atoms with Crippen molar-refractivity contribution in [3.63, 3.8) is 0 Å². The molecule has 0 amide bonds. The third kappa shape index (κ3) is 6.27. The van der Waals surface area contributed by atoms with Gasteiger partial charge in [-0.2, -0.15) is 0 Å². The molecule has 0 unspecified atom stereocenters. The van der Waals surface area contributed by atoms with Crippen molar-refractivity contribution < 1.29 is 39.2 Å². The van der Waals surface area contributed by atoms with Crippen LogP contribution in [0.4, 0.5) is 0 Å². The van der Waals surface area contributed by atoms with E-state index in [1.54, 1.807) is 30.3 Å². The molecule has 0 atom stereocenters. The van der Waals surface area contributed by atoms with E-state index in [-0.39, 0.29) is 39.6 Å². The average Bonchev–Trinajstić information content (AvgIpc) is 3.02. The second-order valence-corrected chi connectivity index (χ2v) is 11.7. The fourth-order valence-electron chi connectivity index (χ4n) is 6.60. The van der Waals surface area contributed by atoms with Crippen LogP contribution in [0.25, 0.3) is 43.1 Å². The summed E-state index contributed by atoms with van der Waals surface area (Å²) in [5.74, 6) is -4.31. The Hall–Kier alpha value is -4.72. The molecular formula is C37H38O8. The molecule has 234 valence electrons. The maximum absolute atomic E-state index is 13.4. The summed E-state index contributed by atoms with van der Waals surface area (Å²) < 4.78 is 5.63. The highest BCUT2D eigenvalue weighted by Gasteiger charge is 2.26.